The van der Waals surface area contributed by atoms with E-state index in [2.05, 4.69) is 22.5 Å². The van der Waals surface area contributed by atoms with Crippen LogP contribution < -0.4 is 15.4 Å². The van der Waals surface area contributed by atoms with E-state index in [1.54, 1.807) is 24.4 Å². The Kier molecular flexibility index (Phi) is 8.03. The number of aromatic nitrogens is 1. The zero-order valence-electron chi connectivity index (χ0n) is 15.6. The number of pyridine rings is 1. The van der Waals surface area contributed by atoms with E-state index >= 15 is 0 Å². The summed E-state index contributed by atoms with van der Waals surface area (Å²) in [5.41, 5.74) is 1.33. The Hall–Kier alpha value is -3.15. The van der Waals surface area contributed by atoms with Crippen molar-refractivity contribution in [3.8, 4) is 5.75 Å². The first-order valence-electron chi connectivity index (χ1n) is 9.00. The largest absolute Gasteiger partial charge is 0.490 e. The minimum Gasteiger partial charge on any atom is -0.490 e. The molecule has 0 bridgehead atoms. The maximum atomic E-state index is 12.0. The molecule has 0 aliphatic heterocycles. The molecule has 2 aromatic rings. The molecular weight excluding hydrogens is 342 g/mol. The van der Waals surface area contributed by atoms with E-state index in [-0.39, 0.29) is 17.9 Å². The minimum atomic E-state index is -0.232. The number of ether oxygens (including phenoxy) is 1. The van der Waals surface area contributed by atoms with Gasteiger partial charge >= 0.3 is 0 Å². The van der Waals surface area contributed by atoms with E-state index in [1.165, 1.54) is 12.3 Å². The summed E-state index contributed by atoms with van der Waals surface area (Å²) in [5.74, 6) is 0.299. The standard InChI is InChI=1S/C21H25N3O3/c1-3-16(2)27-19-9-5-4-7-17(19)10-11-20(25)23-13-14-24-21(26)18-8-6-12-22-15-18/h4-12,15-16H,3,13-14H2,1-2H3,(H,23,25)(H,24,26). The molecule has 2 rings (SSSR count). The van der Waals surface area contributed by atoms with Crippen molar-refractivity contribution in [3.63, 3.8) is 0 Å². The van der Waals surface area contributed by atoms with Crippen molar-refractivity contribution < 1.29 is 14.3 Å². The Balaban J connectivity index is 1.78. The van der Waals surface area contributed by atoms with Crippen molar-refractivity contribution in [2.24, 2.45) is 0 Å². The maximum Gasteiger partial charge on any atom is 0.252 e. The lowest BCUT2D eigenvalue weighted by Crippen LogP contribution is -2.34. The Morgan fingerprint density at radius 3 is 2.67 bits per heavy atom. The topological polar surface area (TPSA) is 80.3 Å². The fraction of sp³-hybridized carbons (Fsp3) is 0.286. The van der Waals surface area contributed by atoms with Crippen LogP contribution in [0.15, 0.2) is 54.9 Å². The molecule has 1 aromatic heterocycles. The molecule has 1 atom stereocenters. The highest BCUT2D eigenvalue weighted by Crippen LogP contribution is 2.21. The lowest BCUT2D eigenvalue weighted by atomic mass is 10.2. The lowest BCUT2D eigenvalue weighted by molar-refractivity contribution is -0.116. The summed E-state index contributed by atoms with van der Waals surface area (Å²) in [4.78, 5) is 27.7. The van der Waals surface area contributed by atoms with Gasteiger partial charge in [0.1, 0.15) is 5.75 Å². The van der Waals surface area contributed by atoms with Crippen LogP contribution in [0, 0.1) is 0 Å². The van der Waals surface area contributed by atoms with E-state index < -0.39 is 0 Å². The van der Waals surface area contributed by atoms with Gasteiger partial charge in [0.2, 0.25) is 5.91 Å². The van der Waals surface area contributed by atoms with Gasteiger partial charge in [0, 0.05) is 37.1 Å². The average molecular weight is 367 g/mol. The Morgan fingerprint density at radius 1 is 1.15 bits per heavy atom. The lowest BCUT2D eigenvalue weighted by Gasteiger charge is -2.14. The molecule has 1 heterocycles. The fourth-order valence-corrected chi connectivity index (χ4v) is 2.21. The molecule has 1 unspecified atom stereocenters. The van der Waals surface area contributed by atoms with Crippen molar-refractivity contribution in [1.29, 1.82) is 0 Å². The molecule has 142 valence electrons. The number of nitrogens with zero attached hydrogens (tertiary/aromatic N) is 1. The quantitative estimate of drug-likeness (QED) is 0.528. The number of amides is 2. The van der Waals surface area contributed by atoms with Crippen LogP contribution in [0.2, 0.25) is 0 Å². The molecule has 0 aliphatic rings. The molecule has 0 saturated heterocycles. The molecule has 6 heteroatoms. The van der Waals surface area contributed by atoms with Crippen LogP contribution in [0.1, 0.15) is 36.2 Å². The SMILES string of the molecule is CCC(C)Oc1ccccc1C=CC(=O)NCCNC(=O)c1cccnc1. The molecule has 0 spiro atoms. The second kappa shape index (κ2) is 10.8. The number of carbonyl (C=O) groups excluding carboxylic acids is 2. The van der Waals surface area contributed by atoms with Gasteiger partial charge in [0.25, 0.3) is 5.91 Å². The van der Waals surface area contributed by atoms with Gasteiger partial charge in [-0.3, -0.25) is 14.6 Å². The summed E-state index contributed by atoms with van der Waals surface area (Å²) < 4.78 is 5.86. The highest BCUT2D eigenvalue weighted by atomic mass is 16.5. The monoisotopic (exact) mass is 367 g/mol. The highest BCUT2D eigenvalue weighted by molar-refractivity contribution is 5.94. The average Bonchev–Trinajstić information content (AvgIpc) is 2.71. The molecule has 27 heavy (non-hydrogen) atoms. The Bertz CT molecular complexity index is 775. The van der Waals surface area contributed by atoms with Gasteiger partial charge in [-0.05, 0) is 37.6 Å². The van der Waals surface area contributed by atoms with Crippen LogP contribution in [-0.4, -0.2) is 36.0 Å². The van der Waals surface area contributed by atoms with Crippen LogP contribution >= 0.6 is 0 Å². The molecule has 1 aromatic carbocycles. The third kappa shape index (κ3) is 6.93. The molecule has 0 radical (unpaired) electrons. The van der Waals surface area contributed by atoms with E-state index in [1.807, 2.05) is 31.2 Å². The van der Waals surface area contributed by atoms with E-state index in [0.717, 1.165) is 17.7 Å². The predicted molar refractivity (Wildman–Crippen MR) is 105 cm³/mol. The molecule has 2 amide bonds. The van der Waals surface area contributed by atoms with Gasteiger partial charge in [-0.1, -0.05) is 25.1 Å². The van der Waals surface area contributed by atoms with Gasteiger partial charge in [0.15, 0.2) is 0 Å². The molecule has 2 N–H and O–H groups in total. The van der Waals surface area contributed by atoms with Crippen molar-refractivity contribution in [3.05, 3.63) is 66.0 Å². The van der Waals surface area contributed by atoms with E-state index in [0.29, 0.717) is 18.7 Å². The van der Waals surface area contributed by atoms with Gasteiger partial charge in [-0.15, -0.1) is 0 Å². The zero-order chi connectivity index (χ0) is 19.5. The van der Waals surface area contributed by atoms with Gasteiger partial charge in [-0.2, -0.15) is 0 Å². The van der Waals surface area contributed by atoms with Crippen LogP contribution in [0.4, 0.5) is 0 Å². The van der Waals surface area contributed by atoms with Crippen molar-refractivity contribution >= 4 is 17.9 Å². The number of rotatable bonds is 9. The number of para-hydroxylation sites is 1. The molecule has 0 fully saturated rings. The van der Waals surface area contributed by atoms with Gasteiger partial charge in [-0.25, -0.2) is 0 Å². The summed E-state index contributed by atoms with van der Waals surface area (Å²) in [7, 11) is 0. The summed E-state index contributed by atoms with van der Waals surface area (Å²) >= 11 is 0. The first-order chi connectivity index (χ1) is 13.1. The third-order valence-corrected chi connectivity index (χ3v) is 3.87. The first-order valence-corrected chi connectivity index (χ1v) is 9.00. The van der Waals surface area contributed by atoms with Gasteiger partial charge in [0.05, 0.1) is 11.7 Å². The fourth-order valence-electron chi connectivity index (χ4n) is 2.21. The van der Waals surface area contributed by atoms with Crippen molar-refractivity contribution in [2.75, 3.05) is 13.1 Å². The number of carbonyl (C=O) groups is 2. The first kappa shape index (κ1) is 20.2. The number of hydrogen-bond donors (Lipinski definition) is 2. The maximum absolute atomic E-state index is 12.0. The van der Waals surface area contributed by atoms with Crippen LogP contribution in [0.5, 0.6) is 5.75 Å². The van der Waals surface area contributed by atoms with Crippen molar-refractivity contribution in [1.82, 2.24) is 15.6 Å². The second-order valence-electron chi connectivity index (χ2n) is 6.00. The Labute approximate surface area is 159 Å². The van der Waals surface area contributed by atoms with Crippen molar-refractivity contribution in [2.45, 2.75) is 26.4 Å². The number of benzene rings is 1. The summed E-state index contributed by atoms with van der Waals surface area (Å²) in [6, 6.07) is 11.0. The molecule has 6 nitrogen and oxygen atoms in total. The third-order valence-electron chi connectivity index (χ3n) is 3.87. The number of nitrogens with one attached hydrogen (secondary N) is 2. The summed E-state index contributed by atoms with van der Waals surface area (Å²) in [5, 5.41) is 5.46. The predicted octanol–water partition coefficient (Wildman–Crippen LogP) is 2.82. The highest BCUT2D eigenvalue weighted by Gasteiger charge is 2.06. The summed E-state index contributed by atoms with van der Waals surface area (Å²) in [6.07, 6.45) is 7.30. The molecule has 0 aliphatic carbocycles. The van der Waals surface area contributed by atoms with Gasteiger partial charge < -0.3 is 15.4 Å². The molecule has 0 saturated carbocycles. The Morgan fingerprint density at radius 2 is 1.93 bits per heavy atom. The zero-order valence-corrected chi connectivity index (χ0v) is 15.6. The number of hydrogen-bond acceptors (Lipinski definition) is 4. The minimum absolute atomic E-state index is 0.108. The van der Waals surface area contributed by atoms with Crippen LogP contribution in [0.3, 0.4) is 0 Å². The van der Waals surface area contributed by atoms with E-state index in [4.69, 9.17) is 4.74 Å². The van der Waals surface area contributed by atoms with E-state index in [9.17, 15) is 9.59 Å². The normalized spacial score (nSPS) is 11.8. The summed E-state index contributed by atoms with van der Waals surface area (Å²) in [6.45, 7) is 4.73. The molecular formula is C21H25N3O3. The van der Waals surface area contributed by atoms with Crippen LogP contribution in [-0.2, 0) is 4.79 Å². The smallest absolute Gasteiger partial charge is 0.252 e. The van der Waals surface area contributed by atoms with Crippen LogP contribution in [0.25, 0.3) is 6.08 Å². The second-order valence-corrected chi connectivity index (χ2v) is 6.00.